The van der Waals surface area contributed by atoms with Crippen molar-refractivity contribution >= 4 is 47.3 Å². The number of aliphatic hydroxyl groups excluding tert-OH is 4. The zero-order valence-corrected chi connectivity index (χ0v) is 35.1. The topological polar surface area (TPSA) is 388 Å². The van der Waals surface area contributed by atoms with Gasteiger partial charge in [-0.1, -0.05) is 38.1 Å². The minimum Gasteiger partial charge on any atom is -0.508 e. The number of phenols is 2. The molecule has 0 unspecified atom stereocenters. The average molecular weight is 891 g/mol. The molecule has 0 radical (unpaired) electrons. The summed E-state index contributed by atoms with van der Waals surface area (Å²) in [5, 5.41) is 84.1. The van der Waals surface area contributed by atoms with Gasteiger partial charge >= 0.3 is 5.97 Å². The molecule has 0 saturated heterocycles. The van der Waals surface area contributed by atoms with E-state index in [1.54, 1.807) is 13.8 Å². The highest BCUT2D eigenvalue weighted by Crippen LogP contribution is 2.14. The molecule has 23 heteroatoms. The molecule has 9 atom stereocenters. The van der Waals surface area contributed by atoms with E-state index in [1.165, 1.54) is 55.5 Å². The molecule has 0 saturated carbocycles. The summed E-state index contributed by atoms with van der Waals surface area (Å²) >= 11 is 0. The van der Waals surface area contributed by atoms with Crippen molar-refractivity contribution in [3.05, 3.63) is 59.7 Å². The van der Waals surface area contributed by atoms with E-state index in [2.05, 4.69) is 37.2 Å². The lowest BCUT2D eigenvalue weighted by atomic mass is 10.0. The second kappa shape index (κ2) is 25.5. The van der Waals surface area contributed by atoms with E-state index in [4.69, 9.17) is 5.73 Å². The van der Waals surface area contributed by atoms with Crippen LogP contribution in [0.15, 0.2) is 48.5 Å². The second-order valence-electron chi connectivity index (χ2n) is 15.1. The Morgan fingerprint density at radius 2 is 0.905 bits per heavy atom. The van der Waals surface area contributed by atoms with Crippen LogP contribution in [0, 0.1) is 5.92 Å². The van der Waals surface area contributed by atoms with Crippen LogP contribution in [0.25, 0.3) is 0 Å². The first-order valence-corrected chi connectivity index (χ1v) is 19.8. The van der Waals surface area contributed by atoms with Crippen LogP contribution in [0.2, 0.25) is 0 Å². The Labute approximate surface area is 362 Å². The van der Waals surface area contributed by atoms with Crippen molar-refractivity contribution in [2.75, 3.05) is 19.8 Å². The molecule has 0 heterocycles. The standard InChI is InChI=1S/C40H58N8O15/c1-19(2)13-27(35(57)44-28(15-23-7-11-25(54)12-8-23)36(58)47-31(18-51)40(62)63)43-38(60)30(17-50)46-39(61)32(21(4)52)48-33(55)20(3)42-37(59)29(16-49)45-34(56)26(41)14-22-5-9-24(53)10-6-22/h5-12,19-21,26-32,49-54H,13-18,41H2,1-4H3,(H,42,59)(H,43,60)(H,44,57)(H,45,56)(H,46,61)(H,47,58)(H,48,55)(H,62,63)/t20-,21+,26-,27-,28-,29-,30-,31-,32-/m0/s1. The first-order valence-electron chi connectivity index (χ1n) is 19.8. The predicted molar refractivity (Wildman–Crippen MR) is 221 cm³/mol. The number of rotatable bonds is 25. The Hall–Kier alpha value is -6.40. The number of benzene rings is 2. The molecule has 2 rings (SSSR count). The van der Waals surface area contributed by atoms with Crippen molar-refractivity contribution in [3.8, 4) is 11.5 Å². The SMILES string of the molecule is CC(C)C[C@H](NC(=O)[C@H](CO)NC(=O)[C@@H](NC(=O)[C@H](C)NC(=O)[C@H](CO)NC(=O)[C@@H](N)Cc1ccc(O)cc1)[C@@H](C)O)C(=O)N[C@@H](Cc1ccc(O)cc1)C(=O)N[C@@H](CO)C(=O)O. The van der Waals surface area contributed by atoms with E-state index in [9.17, 15) is 74.1 Å². The van der Waals surface area contributed by atoms with Crippen LogP contribution in [-0.4, -0.2) is 157 Å². The van der Waals surface area contributed by atoms with E-state index in [1.807, 2.05) is 0 Å². The molecule has 16 N–H and O–H groups in total. The Kier molecular flexibility index (Phi) is 21.4. The molecular weight excluding hydrogens is 832 g/mol. The molecule has 0 bridgehead atoms. The van der Waals surface area contributed by atoms with Crippen molar-refractivity contribution in [2.45, 2.75) is 101 Å². The number of nitrogens with two attached hydrogens (primary N) is 1. The number of aliphatic hydroxyl groups is 4. The third-order valence-corrected chi connectivity index (χ3v) is 9.32. The van der Waals surface area contributed by atoms with Gasteiger partial charge < -0.3 is 78.7 Å². The van der Waals surface area contributed by atoms with Gasteiger partial charge in [-0.05, 0) is 68.0 Å². The second-order valence-corrected chi connectivity index (χ2v) is 15.1. The van der Waals surface area contributed by atoms with Gasteiger partial charge in [0.1, 0.15) is 53.8 Å². The van der Waals surface area contributed by atoms with Gasteiger partial charge in [-0.3, -0.25) is 33.6 Å². The first kappa shape index (κ1) is 52.7. The van der Waals surface area contributed by atoms with Gasteiger partial charge in [0, 0.05) is 6.42 Å². The number of hydrogen-bond acceptors (Lipinski definition) is 15. The van der Waals surface area contributed by atoms with Crippen molar-refractivity contribution in [1.29, 1.82) is 0 Å². The highest BCUT2D eigenvalue weighted by atomic mass is 16.4. The van der Waals surface area contributed by atoms with Crippen LogP contribution < -0.4 is 43.0 Å². The zero-order valence-electron chi connectivity index (χ0n) is 35.1. The molecule has 0 aliphatic heterocycles. The van der Waals surface area contributed by atoms with Gasteiger partial charge in [0.2, 0.25) is 41.4 Å². The van der Waals surface area contributed by atoms with Gasteiger partial charge in [-0.2, -0.15) is 0 Å². The van der Waals surface area contributed by atoms with Gasteiger partial charge in [-0.15, -0.1) is 0 Å². The molecule has 7 amide bonds. The van der Waals surface area contributed by atoms with Crippen LogP contribution >= 0.6 is 0 Å². The molecule has 0 aromatic heterocycles. The molecule has 2 aromatic rings. The van der Waals surface area contributed by atoms with E-state index in [-0.39, 0.29) is 36.7 Å². The number of nitrogens with one attached hydrogen (secondary N) is 7. The van der Waals surface area contributed by atoms with Crippen molar-refractivity contribution < 1.29 is 74.1 Å². The summed E-state index contributed by atoms with van der Waals surface area (Å²) in [4.78, 5) is 104. The maximum atomic E-state index is 13.7. The number of carbonyl (C=O) groups excluding carboxylic acids is 7. The van der Waals surface area contributed by atoms with Crippen LogP contribution in [0.4, 0.5) is 0 Å². The fraction of sp³-hybridized carbons (Fsp3) is 0.500. The van der Waals surface area contributed by atoms with Crippen molar-refractivity contribution in [1.82, 2.24) is 37.2 Å². The Bertz CT molecular complexity index is 1880. The van der Waals surface area contributed by atoms with Crippen LogP contribution in [-0.2, 0) is 51.2 Å². The van der Waals surface area contributed by atoms with Gasteiger partial charge in [-0.25, -0.2) is 4.79 Å². The zero-order chi connectivity index (χ0) is 47.6. The third kappa shape index (κ3) is 17.5. The smallest absolute Gasteiger partial charge is 0.328 e. The lowest BCUT2D eigenvalue weighted by molar-refractivity contribution is -0.143. The molecule has 63 heavy (non-hydrogen) atoms. The number of hydrogen-bond donors (Lipinski definition) is 15. The number of carbonyl (C=O) groups is 8. The summed E-state index contributed by atoms with van der Waals surface area (Å²) in [6.45, 7) is 2.81. The highest BCUT2D eigenvalue weighted by molar-refractivity contribution is 5.97. The Morgan fingerprint density at radius 3 is 1.37 bits per heavy atom. The number of aromatic hydroxyl groups is 2. The summed E-state index contributed by atoms with van der Waals surface area (Å²) < 4.78 is 0. The van der Waals surface area contributed by atoms with Crippen LogP contribution in [0.3, 0.4) is 0 Å². The van der Waals surface area contributed by atoms with Crippen molar-refractivity contribution in [3.63, 3.8) is 0 Å². The van der Waals surface area contributed by atoms with Gasteiger partial charge in [0.15, 0.2) is 0 Å². The minimum absolute atomic E-state index is 0.00105. The molecular formula is C40H58N8O15. The van der Waals surface area contributed by atoms with Gasteiger partial charge in [0.25, 0.3) is 0 Å². The highest BCUT2D eigenvalue weighted by Gasteiger charge is 2.35. The summed E-state index contributed by atoms with van der Waals surface area (Å²) in [7, 11) is 0. The van der Waals surface area contributed by atoms with E-state index in [0.717, 1.165) is 6.92 Å². The first-order chi connectivity index (χ1) is 29.6. The summed E-state index contributed by atoms with van der Waals surface area (Å²) in [6.07, 6.45) is -1.87. The maximum Gasteiger partial charge on any atom is 0.328 e. The molecule has 0 spiro atoms. The minimum atomic E-state index is -1.78. The number of phenolic OH excluding ortho intramolecular Hbond substituents is 2. The molecule has 0 aliphatic rings. The molecule has 0 fully saturated rings. The number of amides is 7. The Morgan fingerprint density at radius 1 is 0.508 bits per heavy atom. The third-order valence-electron chi connectivity index (χ3n) is 9.32. The Balaban J connectivity index is 2.13. The predicted octanol–water partition coefficient (Wildman–Crippen LogP) is -4.89. The van der Waals surface area contributed by atoms with Crippen molar-refractivity contribution in [2.24, 2.45) is 11.7 Å². The monoisotopic (exact) mass is 890 g/mol. The fourth-order valence-electron chi connectivity index (χ4n) is 5.75. The molecule has 0 aliphatic carbocycles. The quantitative estimate of drug-likeness (QED) is 0.0444. The van der Waals surface area contributed by atoms with E-state index >= 15 is 0 Å². The summed E-state index contributed by atoms with van der Waals surface area (Å²) in [5.41, 5.74) is 6.96. The van der Waals surface area contributed by atoms with E-state index < -0.39 is 122 Å². The number of aliphatic carboxylic acids is 1. The molecule has 2 aromatic carbocycles. The largest absolute Gasteiger partial charge is 0.508 e. The van der Waals surface area contributed by atoms with Gasteiger partial charge in [0.05, 0.1) is 32.0 Å². The fourth-order valence-corrected chi connectivity index (χ4v) is 5.75. The molecule has 23 nitrogen and oxygen atoms in total. The molecule has 348 valence electrons. The number of carboxylic acid groups (broad SMARTS) is 1. The average Bonchev–Trinajstić information content (AvgIpc) is 3.22. The van der Waals surface area contributed by atoms with Crippen LogP contribution in [0.1, 0.15) is 45.2 Å². The maximum absolute atomic E-state index is 13.7. The number of carboxylic acids is 1. The van der Waals surface area contributed by atoms with Crippen LogP contribution in [0.5, 0.6) is 11.5 Å². The van der Waals surface area contributed by atoms with E-state index in [0.29, 0.717) is 11.1 Å². The lowest BCUT2D eigenvalue weighted by Crippen LogP contribution is -2.62. The lowest BCUT2D eigenvalue weighted by Gasteiger charge is -2.28. The summed E-state index contributed by atoms with van der Waals surface area (Å²) in [5.74, 6) is -8.99. The normalized spacial score (nSPS) is 15.4. The summed E-state index contributed by atoms with van der Waals surface area (Å²) in [6, 6.07) is -0.929.